The molecule has 0 N–H and O–H groups in total. The van der Waals surface area contributed by atoms with E-state index in [0.29, 0.717) is 0 Å². The fraction of sp³-hybridized carbons (Fsp3) is 0. The van der Waals surface area contributed by atoms with Crippen LogP contribution in [0.15, 0.2) is 46.5 Å². The Labute approximate surface area is 95.2 Å². The van der Waals surface area contributed by atoms with Gasteiger partial charge in [0.1, 0.15) is 0 Å². The highest BCUT2D eigenvalue weighted by Crippen LogP contribution is 2.20. The monoisotopic (exact) mass is 258 g/mol. The lowest BCUT2D eigenvalue weighted by molar-refractivity contribution is -0.110. The highest BCUT2D eigenvalue weighted by molar-refractivity contribution is 9.10. The summed E-state index contributed by atoms with van der Waals surface area (Å²) in [5.41, 5.74) is 2.17. The summed E-state index contributed by atoms with van der Waals surface area (Å²) in [5.74, 6) is 0.0665. The van der Waals surface area contributed by atoms with Gasteiger partial charge in [0.2, 0.25) is 0 Å². The van der Waals surface area contributed by atoms with E-state index in [0.717, 1.165) is 15.6 Å². The number of allylic oxidation sites excluding steroid dienone is 4. The minimum absolute atomic E-state index is 0.0665. The second kappa shape index (κ2) is 3.04. The number of fused-ring (bicyclic) bond motifs is 2. The van der Waals surface area contributed by atoms with Gasteiger partial charge in [-0.3, -0.25) is 4.79 Å². The number of hydrogen-bond donors (Lipinski definition) is 0. The van der Waals surface area contributed by atoms with Crippen molar-refractivity contribution in [3.05, 3.63) is 56.9 Å². The molecular weight excluding hydrogens is 252 g/mol. The van der Waals surface area contributed by atoms with Crippen LogP contribution in [0.5, 0.6) is 0 Å². The van der Waals surface area contributed by atoms with Gasteiger partial charge >= 0.3 is 0 Å². The molecule has 0 aliphatic heterocycles. The van der Waals surface area contributed by atoms with Crippen LogP contribution in [0.2, 0.25) is 0 Å². The lowest BCUT2D eigenvalue weighted by Gasteiger charge is -2.02. The summed E-state index contributed by atoms with van der Waals surface area (Å²) in [5, 5.41) is 2.37. The summed E-state index contributed by atoms with van der Waals surface area (Å²) < 4.78 is 1.06. The van der Waals surface area contributed by atoms with Crippen molar-refractivity contribution >= 4 is 33.4 Å². The molecule has 0 bridgehead atoms. The van der Waals surface area contributed by atoms with Crippen LogP contribution in [0.3, 0.4) is 0 Å². The Balaban J connectivity index is 2.42. The summed E-state index contributed by atoms with van der Waals surface area (Å²) in [6, 6.07) is 6.17. The van der Waals surface area contributed by atoms with Crippen LogP contribution in [-0.2, 0) is 4.79 Å². The third kappa shape index (κ3) is 1.33. The van der Waals surface area contributed by atoms with E-state index in [1.54, 1.807) is 12.2 Å². The van der Waals surface area contributed by atoms with Gasteiger partial charge in [0.15, 0.2) is 5.78 Å². The van der Waals surface area contributed by atoms with Crippen molar-refractivity contribution in [3.8, 4) is 0 Å². The van der Waals surface area contributed by atoms with Crippen molar-refractivity contribution < 1.29 is 4.79 Å². The molecule has 3 rings (SSSR count). The van der Waals surface area contributed by atoms with Crippen molar-refractivity contribution in [2.24, 2.45) is 0 Å². The highest BCUT2D eigenvalue weighted by Gasteiger charge is 2.13. The molecule has 15 heavy (non-hydrogen) atoms. The van der Waals surface area contributed by atoms with Gasteiger partial charge in [-0.05, 0) is 58.0 Å². The maximum Gasteiger partial charge on any atom is 0.179 e. The van der Waals surface area contributed by atoms with Crippen LogP contribution in [0.25, 0.3) is 11.6 Å². The van der Waals surface area contributed by atoms with Crippen LogP contribution in [0, 0.1) is 0 Å². The Bertz CT molecular complexity index is 648. The molecule has 0 fully saturated rings. The van der Waals surface area contributed by atoms with E-state index in [2.05, 4.69) is 34.1 Å². The van der Waals surface area contributed by atoms with E-state index >= 15 is 0 Å². The van der Waals surface area contributed by atoms with E-state index in [1.807, 2.05) is 12.1 Å². The molecule has 0 aromatic heterocycles. The van der Waals surface area contributed by atoms with Crippen LogP contribution in [0.4, 0.5) is 0 Å². The predicted molar refractivity (Wildman–Crippen MR) is 63.5 cm³/mol. The number of carbonyl (C=O) groups is 1. The molecular formula is C13H7BrO. The second-order valence-corrected chi connectivity index (χ2v) is 4.54. The number of carbonyl (C=O) groups excluding carboxylic acids is 1. The topological polar surface area (TPSA) is 17.1 Å². The Morgan fingerprint density at radius 3 is 2.80 bits per heavy atom. The Morgan fingerprint density at radius 2 is 1.93 bits per heavy atom. The fourth-order valence-electron chi connectivity index (χ4n) is 1.97. The van der Waals surface area contributed by atoms with E-state index in [-0.39, 0.29) is 5.78 Å². The lowest BCUT2D eigenvalue weighted by Crippen LogP contribution is -2.22. The van der Waals surface area contributed by atoms with Gasteiger partial charge in [-0.1, -0.05) is 22.0 Å². The Morgan fingerprint density at radius 1 is 1.07 bits per heavy atom. The molecule has 0 saturated carbocycles. The van der Waals surface area contributed by atoms with Gasteiger partial charge in [-0.2, -0.15) is 0 Å². The summed E-state index contributed by atoms with van der Waals surface area (Å²) in [6.07, 6.45) is 7.25. The minimum atomic E-state index is 0.0665. The van der Waals surface area contributed by atoms with E-state index in [4.69, 9.17) is 0 Å². The largest absolute Gasteiger partial charge is 0.290 e. The summed E-state index contributed by atoms with van der Waals surface area (Å²) >= 11 is 3.44. The molecule has 0 spiro atoms. The van der Waals surface area contributed by atoms with E-state index < -0.39 is 0 Å². The zero-order chi connectivity index (χ0) is 10.4. The van der Waals surface area contributed by atoms with Crippen molar-refractivity contribution in [2.45, 2.75) is 0 Å². The standard InChI is InChI=1S/C13H7BrO/c14-10-1-3-12-8(6-10)5-9-7-11(15)2-4-13(9)12/h1-7H. The van der Waals surface area contributed by atoms with Gasteiger partial charge in [0.05, 0.1) is 0 Å². The van der Waals surface area contributed by atoms with E-state index in [9.17, 15) is 4.79 Å². The van der Waals surface area contributed by atoms with Gasteiger partial charge < -0.3 is 0 Å². The van der Waals surface area contributed by atoms with E-state index in [1.165, 1.54) is 10.4 Å². The Kier molecular flexibility index (Phi) is 1.80. The maximum absolute atomic E-state index is 11.2. The fourth-order valence-corrected chi connectivity index (χ4v) is 2.35. The maximum atomic E-state index is 11.2. The normalized spacial score (nSPS) is 17.0. The smallest absolute Gasteiger partial charge is 0.179 e. The first kappa shape index (κ1) is 8.86. The zero-order valence-electron chi connectivity index (χ0n) is 7.83. The minimum Gasteiger partial charge on any atom is -0.290 e. The molecule has 2 aliphatic rings. The highest BCUT2D eigenvalue weighted by atomic mass is 79.9. The van der Waals surface area contributed by atoms with Crippen molar-refractivity contribution in [2.75, 3.05) is 0 Å². The SMILES string of the molecule is O=C1C=CC2=c3ccc(Br)cc3=CC2=C1. The molecule has 1 aromatic rings. The first-order chi connectivity index (χ1) is 7.24. The molecule has 0 amide bonds. The van der Waals surface area contributed by atoms with Crippen molar-refractivity contribution in [1.29, 1.82) is 0 Å². The molecule has 0 atom stereocenters. The molecule has 0 saturated heterocycles. The predicted octanol–water partition coefficient (Wildman–Crippen LogP) is 1.46. The van der Waals surface area contributed by atoms with Gasteiger partial charge in [-0.15, -0.1) is 0 Å². The number of hydrogen-bond acceptors (Lipinski definition) is 1. The van der Waals surface area contributed by atoms with Gasteiger partial charge in [0.25, 0.3) is 0 Å². The van der Waals surface area contributed by atoms with Crippen LogP contribution < -0.4 is 10.4 Å². The Hall–Kier alpha value is -1.41. The molecule has 2 aliphatic carbocycles. The van der Waals surface area contributed by atoms with Gasteiger partial charge in [-0.25, -0.2) is 0 Å². The average molecular weight is 259 g/mol. The quantitative estimate of drug-likeness (QED) is 0.689. The van der Waals surface area contributed by atoms with Crippen LogP contribution in [-0.4, -0.2) is 5.78 Å². The third-order valence-electron chi connectivity index (χ3n) is 2.64. The molecule has 0 unspecified atom stereocenters. The van der Waals surface area contributed by atoms with Crippen LogP contribution in [0.1, 0.15) is 0 Å². The van der Waals surface area contributed by atoms with Gasteiger partial charge in [0, 0.05) is 4.47 Å². The summed E-state index contributed by atoms with van der Waals surface area (Å²) in [6.45, 7) is 0. The molecule has 2 heteroatoms. The number of halogens is 1. The first-order valence-electron chi connectivity index (χ1n) is 4.70. The molecule has 0 heterocycles. The lowest BCUT2D eigenvalue weighted by atomic mass is 10.0. The molecule has 0 radical (unpaired) electrons. The summed E-state index contributed by atoms with van der Waals surface area (Å²) in [7, 11) is 0. The number of ketones is 1. The molecule has 1 aromatic carbocycles. The molecule has 1 nitrogen and oxygen atoms in total. The zero-order valence-corrected chi connectivity index (χ0v) is 9.41. The third-order valence-corrected chi connectivity index (χ3v) is 3.13. The molecule has 72 valence electrons. The van der Waals surface area contributed by atoms with Crippen molar-refractivity contribution in [1.82, 2.24) is 0 Å². The first-order valence-corrected chi connectivity index (χ1v) is 5.49. The van der Waals surface area contributed by atoms with Crippen molar-refractivity contribution in [3.63, 3.8) is 0 Å². The number of benzene rings is 1. The second-order valence-electron chi connectivity index (χ2n) is 3.62. The van der Waals surface area contributed by atoms with Crippen LogP contribution >= 0.6 is 15.9 Å². The average Bonchev–Trinajstić information content (AvgIpc) is 2.53. The number of rotatable bonds is 0. The summed E-state index contributed by atoms with van der Waals surface area (Å²) in [4.78, 5) is 11.2.